The molecule has 1 aromatic heterocycles. The van der Waals surface area contributed by atoms with Crippen molar-refractivity contribution in [3.63, 3.8) is 0 Å². The van der Waals surface area contributed by atoms with Crippen LogP contribution >= 0.6 is 0 Å². The third kappa shape index (κ3) is 2.31. The Kier molecular flexibility index (Phi) is 3.51. The zero-order chi connectivity index (χ0) is 13.3. The summed E-state index contributed by atoms with van der Waals surface area (Å²) in [4.78, 5) is 10.6. The molecule has 18 heavy (non-hydrogen) atoms. The predicted octanol–water partition coefficient (Wildman–Crippen LogP) is 1.38. The number of nitro groups is 1. The van der Waals surface area contributed by atoms with Gasteiger partial charge in [0.05, 0.1) is 4.92 Å². The van der Waals surface area contributed by atoms with E-state index >= 15 is 0 Å². The summed E-state index contributed by atoms with van der Waals surface area (Å²) in [5.74, 6) is 0.274. The van der Waals surface area contributed by atoms with Gasteiger partial charge in [0.1, 0.15) is 11.8 Å². The monoisotopic (exact) mass is 254 g/mol. The van der Waals surface area contributed by atoms with Crippen molar-refractivity contribution in [3.05, 3.63) is 15.8 Å². The van der Waals surface area contributed by atoms with Gasteiger partial charge in [-0.15, -0.1) is 0 Å². The van der Waals surface area contributed by atoms with Crippen LogP contribution in [0.25, 0.3) is 0 Å². The average molecular weight is 254 g/mol. The lowest BCUT2D eigenvalue weighted by atomic mass is 9.90. The summed E-state index contributed by atoms with van der Waals surface area (Å²) in [7, 11) is 0. The highest BCUT2D eigenvalue weighted by molar-refractivity contribution is 5.46. The van der Waals surface area contributed by atoms with E-state index in [1.807, 2.05) is 6.92 Å². The first-order valence-corrected chi connectivity index (χ1v) is 6.17. The van der Waals surface area contributed by atoms with E-state index in [1.54, 1.807) is 11.6 Å². The third-order valence-electron chi connectivity index (χ3n) is 3.08. The number of hydrogen-bond donors (Lipinski definition) is 1. The molecule has 1 aliphatic rings. The Morgan fingerprint density at radius 3 is 2.78 bits per heavy atom. The molecule has 0 aliphatic heterocycles. The van der Waals surface area contributed by atoms with E-state index in [-0.39, 0.29) is 23.7 Å². The van der Waals surface area contributed by atoms with Crippen LogP contribution < -0.4 is 10.5 Å². The Bertz CT molecular complexity index is 451. The Morgan fingerprint density at radius 1 is 1.61 bits per heavy atom. The molecule has 1 saturated carbocycles. The van der Waals surface area contributed by atoms with Crippen LogP contribution in [-0.4, -0.2) is 26.8 Å². The highest BCUT2D eigenvalue weighted by Gasteiger charge is 2.33. The largest absolute Gasteiger partial charge is 0.470 e. The molecule has 0 unspecified atom stereocenters. The summed E-state index contributed by atoms with van der Waals surface area (Å²) in [6.45, 7) is 4.23. The maximum Gasteiger partial charge on any atom is 0.353 e. The van der Waals surface area contributed by atoms with Crippen LogP contribution in [0.4, 0.5) is 5.69 Å². The highest BCUT2D eigenvalue weighted by Crippen LogP contribution is 2.34. The highest BCUT2D eigenvalue weighted by atomic mass is 16.6. The van der Waals surface area contributed by atoms with E-state index in [0.29, 0.717) is 12.2 Å². The van der Waals surface area contributed by atoms with E-state index < -0.39 is 4.92 Å². The standard InChI is InChI=1S/C11H18N4O3/c1-3-4-14-11(18-9-5-8(12)6-9)10(15(16)17)7(2)13-14/h8-9H,3-6,12H2,1-2H3. The number of hydrogen-bond acceptors (Lipinski definition) is 5. The van der Waals surface area contributed by atoms with Crippen molar-refractivity contribution >= 4 is 5.69 Å². The smallest absolute Gasteiger partial charge is 0.353 e. The second-order valence-corrected chi connectivity index (χ2v) is 4.69. The van der Waals surface area contributed by atoms with Gasteiger partial charge in [-0.25, -0.2) is 4.68 Å². The number of nitrogens with two attached hydrogens (primary N) is 1. The topological polar surface area (TPSA) is 96.2 Å². The molecule has 0 saturated heterocycles. The average Bonchev–Trinajstić information content (AvgIpc) is 2.53. The fourth-order valence-corrected chi connectivity index (χ4v) is 2.10. The van der Waals surface area contributed by atoms with Gasteiger partial charge in [-0.2, -0.15) is 5.10 Å². The first kappa shape index (κ1) is 12.8. The first-order valence-electron chi connectivity index (χ1n) is 6.17. The fourth-order valence-electron chi connectivity index (χ4n) is 2.10. The van der Waals surface area contributed by atoms with Crippen LogP contribution in [0, 0.1) is 17.0 Å². The van der Waals surface area contributed by atoms with Crippen LogP contribution in [0.3, 0.4) is 0 Å². The predicted molar refractivity (Wildman–Crippen MR) is 65.5 cm³/mol. The van der Waals surface area contributed by atoms with Gasteiger partial charge in [0.2, 0.25) is 0 Å². The summed E-state index contributed by atoms with van der Waals surface area (Å²) < 4.78 is 7.28. The minimum absolute atomic E-state index is 0.0228. The molecule has 1 aliphatic carbocycles. The van der Waals surface area contributed by atoms with Crippen molar-refractivity contribution in [3.8, 4) is 5.88 Å². The molecule has 7 nitrogen and oxygen atoms in total. The van der Waals surface area contributed by atoms with Crippen molar-refractivity contribution in [1.82, 2.24) is 9.78 Å². The summed E-state index contributed by atoms with van der Waals surface area (Å²) >= 11 is 0. The van der Waals surface area contributed by atoms with Gasteiger partial charge in [-0.05, 0) is 26.2 Å². The van der Waals surface area contributed by atoms with E-state index in [0.717, 1.165) is 19.3 Å². The zero-order valence-corrected chi connectivity index (χ0v) is 10.6. The Hall–Kier alpha value is -1.63. The van der Waals surface area contributed by atoms with Crippen molar-refractivity contribution < 1.29 is 9.66 Å². The van der Waals surface area contributed by atoms with E-state index in [9.17, 15) is 10.1 Å². The van der Waals surface area contributed by atoms with E-state index in [2.05, 4.69) is 5.10 Å². The van der Waals surface area contributed by atoms with Crippen LogP contribution in [-0.2, 0) is 6.54 Å². The molecule has 0 spiro atoms. The molecule has 0 bridgehead atoms. The summed E-state index contributed by atoms with van der Waals surface area (Å²) in [5, 5.41) is 15.2. The van der Waals surface area contributed by atoms with Crippen molar-refractivity contribution in [1.29, 1.82) is 0 Å². The molecule has 2 N–H and O–H groups in total. The summed E-state index contributed by atoms with van der Waals surface area (Å²) in [5.41, 5.74) is 6.06. The molecule has 0 amide bonds. The van der Waals surface area contributed by atoms with Crippen LogP contribution in [0.2, 0.25) is 0 Å². The lowest BCUT2D eigenvalue weighted by molar-refractivity contribution is -0.386. The maximum atomic E-state index is 11.1. The molecule has 100 valence electrons. The second kappa shape index (κ2) is 4.93. The van der Waals surface area contributed by atoms with Crippen LogP contribution in [0.5, 0.6) is 5.88 Å². The lowest BCUT2D eigenvalue weighted by Gasteiger charge is -2.32. The van der Waals surface area contributed by atoms with Gasteiger partial charge in [0, 0.05) is 12.6 Å². The Balaban J connectivity index is 2.25. The van der Waals surface area contributed by atoms with E-state index in [4.69, 9.17) is 10.5 Å². The first-order chi connectivity index (χ1) is 8.52. The van der Waals surface area contributed by atoms with Gasteiger partial charge in [-0.1, -0.05) is 6.92 Å². The SMILES string of the molecule is CCCn1nc(C)c([N+](=O)[O-])c1OC1CC(N)C1. The van der Waals surface area contributed by atoms with Gasteiger partial charge in [0.25, 0.3) is 5.88 Å². The number of rotatable bonds is 5. The quantitative estimate of drug-likeness (QED) is 0.632. The molecule has 1 fully saturated rings. The number of ether oxygens (including phenoxy) is 1. The normalized spacial score (nSPS) is 22.6. The molecule has 1 heterocycles. The minimum Gasteiger partial charge on any atom is -0.470 e. The molecule has 1 aromatic rings. The van der Waals surface area contributed by atoms with Gasteiger partial charge in [-0.3, -0.25) is 10.1 Å². The number of aromatic nitrogens is 2. The summed E-state index contributed by atoms with van der Waals surface area (Å²) in [6, 6.07) is 0.151. The van der Waals surface area contributed by atoms with Crippen LogP contribution in [0.15, 0.2) is 0 Å². The fraction of sp³-hybridized carbons (Fsp3) is 0.727. The van der Waals surface area contributed by atoms with Gasteiger partial charge < -0.3 is 10.5 Å². The third-order valence-corrected chi connectivity index (χ3v) is 3.08. The molecule has 2 rings (SSSR count). The van der Waals surface area contributed by atoms with Crippen molar-refractivity contribution in [2.24, 2.45) is 5.73 Å². The molecule has 0 atom stereocenters. The molecular weight excluding hydrogens is 236 g/mol. The molecule has 7 heteroatoms. The molecule has 0 radical (unpaired) electrons. The number of aryl methyl sites for hydroxylation is 2. The second-order valence-electron chi connectivity index (χ2n) is 4.69. The van der Waals surface area contributed by atoms with Crippen molar-refractivity contribution in [2.45, 2.75) is 51.8 Å². The van der Waals surface area contributed by atoms with Gasteiger partial charge >= 0.3 is 5.69 Å². The number of nitrogens with zero attached hydrogens (tertiary/aromatic N) is 3. The van der Waals surface area contributed by atoms with Gasteiger partial charge in [0.15, 0.2) is 0 Å². The lowest BCUT2D eigenvalue weighted by Crippen LogP contribution is -2.43. The Labute approximate surface area is 105 Å². The zero-order valence-electron chi connectivity index (χ0n) is 10.6. The molecule has 0 aromatic carbocycles. The molecular formula is C11H18N4O3. The Morgan fingerprint density at radius 2 is 2.28 bits per heavy atom. The van der Waals surface area contributed by atoms with E-state index in [1.165, 1.54) is 0 Å². The van der Waals surface area contributed by atoms with Crippen LogP contribution in [0.1, 0.15) is 31.9 Å². The maximum absolute atomic E-state index is 11.1. The summed E-state index contributed by atoms with van der Waals surface area (Å²) in [6.07, 6.45) is 2.31. The van der Waals surface area contributed by atoms with Crippen molar-refractivity contribution in [2.75, 3.05) is 0 Å². The minimum atomic E-state index is -0.428.